The summed E-state index contributed by atoms with van der Waals surface area (Å²) in [5, 5.41) is 3.58. The predicted molar refractivity (Wildman–Crippen MR) is 97.3 cm³/mol. The molecule has 1 aromatic heterocycles. The molecule has 1 heterocycles. The van der Waals surface area contributed by atoms with Crippen LogP contribution in [0, 0.1) is 0 Å². The molecule has 0 fully saturated rings. The molecule has 2 aromatic rings. The second-order valence-corrected chi connectivity index (χ2v) is 6.82. The molecule has 0 saturated carbocycles. The number of imidazole rings is 1. The molecule has 1 amide bonds. The van der Waals surface area contributed by atoms with Gasteiger partial charge in [0.25, 0.3) is 0 Å². The van der Waals surface area contributed by atoms with Gasteiger partial charge in [-0.15, -0.1) is 0 Å². The van der Waals surface area contributed by atoms with Crippen LogP contribution < -0.4 is 5.32 Å². The van der Waals surface area contributed by atoms with Crippen LogP contribution in [0.2, 0.25) is 0 Å². The van der Waals surface area contributed by atoms with E-state index in [4.69, 9.17) is 4.74 Å². The van der Waals surface area contributed by atoms with Crippen molar-refractivity contribution in [3.8, 4) is 0 Å². The Morgan fingerprint density at radius 3 is 2.64 bits per heavy atom. The first kappa shape index (κ1) is 19.1. The van der Waals surface area contributed by atoms with Gasteiger partial charge in [-0.05, 0) is 19.4 Å². The summed E-state index contributed by atoms with van der Waals surface area (Å²) >= 11 is 1.32. The van der Waals surface area contributed by atoms with Crippen molar-refractivity contribution in [3.05, 3.63) is 48.3 Å². The summed E-state index contributed by atoms with van der Waals surface area (Å²) in [6.45, 7) is 3.71. The molecule has 1 atom stereocenters. The van der Waals surface area contributed by atoms with E-state index in [1.165, 1.54) is 11.8 Å². The number of thioether (sulfide) groups is 1. The Kier molecular flexibility index (Phi) is 6.64. The summed E-state index contributed by atoms with van der Waals surface area (Å²) < 4.78 is 7.01. The highest BCUT2D eigenvalue weighted by atomic mass is 32.2. The first-order chi connectivity index (χ1) is 11.9. The summed E-state index contributed by atoms with van der Waals surface area (Å²) in [6.07, 6.45) is 3.86. The van der Waals surface area contributed by atoms with E-state index >= 15 is 0 Å². The Hall–Kier alpha value is -2.28. The zero-order chi connectivity index (χ0) is 18.3. The highest BCUT2D eigenvalue weighted by Crippen LogP contribution is 2.18. The van der Waals surface area contributed by atoms with Crippen LogP contribution in [0.15, 0.2) is 47.9 Å². The van der Waals surface area contributed by atoms with Crippen molar-refractivity contribution >= 4 is 23.6 Å². The zero-order valence-corrected chi connectivity index (χ0v) is 15.5. The lowest BCUT2D eigenvalue weighted by atomic mass is 9.92. The average Bonchev–Trinajstić information content (AvgIpc) is 2.99. The predicted octanol–water partition coefficient (Wildman–Crippen LogP) is 2.19. The van der Waals surface area contributed by atoms with Gasteiger partial charge in [0.1, 0.15) is 5.54 Å². The molecule has 0 aliphatic heterocycles. The van der Waals surface area contributed by atoms with Gasteiger partial charge in [0, 0.05) is 25.9 Å². The number of benzene rings is 1. The Balaban J connectivity index is 2.05. The van der Waals surface area contributed by atoms with Gasteiger partial charge in [-0.3, -0.25) is 4.79 Å². The molecule has 6 nitrogen and oxygen atoms in total. The fraction of sp³-hybridized carbons (Fsp3) is 0.389. The summed E-state index contributed by atoms with van der Waals surface area (Å²) in [7, 11) is 1.87. The first-order valence-corrected chi connectivity index (χ1v) is 9.05. The van der Waals surface area contributed by atoms with Crippen molar-refractivity contribution in [2.75, 3.05) is 12.4 Å². The smallest absolute Gasteiger partial charge is 0.331 e. The Morgan fingerprint density at radius 2 is 2.04 bits per heavy atom. The SMILES string of the molecule is CCOC(=O)[C@](C)(Cc1ccccc1)NC(=O)CSc1nccn1C. The van der Waals surface area contributed by atoms with Gasteiger partial charge in [-0.25, -0.2) is 9.78 Å². The van der Waals surface area contributed by atoms with E-state index in [2.05, 4.69) is 10.3 Å². The maximum atomic E-state index is 12.4. The number of aromatic nitrogens is 2. The Morgan fingerprint density at radius 1 is 1.32 bits per heavy atom. The minimum atomic E-state index is -1.11. The maximum absolute atomic E-state index is 12.4. The number of hydrogen-bond acceptors (Lipinski definition) is 5. The number of carbonyl (C=O) groups is 2. The number of esters is 1. The monoisotopic (exact) mass is 361 g/mol. The van der Waals surface area contributed by atoms with Crippen LogP contribution in [0.1, 0.15) is 19.4 Å². The molecule has 7 heteroatoms. The van der Waals surface area contributed by atoms with E-state index in [1.807, 2.05) is 48.1 Å². The number of amides is 1. The lowest BCUT2D eigenvalue weighted by molar-refractivity contribution is -0.152. The Bertz CT molecular complexity index is 717. The van der Waals surface area contributed by atoms with Crippen LogP contribution >= 0.6 is 11.8 Å². The fourth-order valence-corrected chi connectivity index (χ4v) is 3.16. The third-order valence-corrected chi connectivity index (χ3v) is 4.71. The molecule has 1 aromatic carbocycles. The number of ether oxygens (including phenoxy) is 1. The molecule has 2 rings (SSSR count). The molecule has 25 heavy (non-hydrogen) atoms. The largest absolute Gasteiger partial charge is 0.464 e. The van der Waals surface area contributed by atoms with Crippen LogP contribution in [0.3, 0.4) is 0 Å². The quantitative estimate of drug-likeness (QED) is 0.576. The topological polar surface area (TPSA) is 73.2 Å². The third kappa shape index (κ3) is 5.35. The molecule has 134 valence electrons. The average molecular weight is 361 g/mol. The molecule has 0 spiro atoms. The molecule has 0 aliphatic carbocycles. The van der Waals surface area contributed by atoms with Crippen LogP contribution in [0.4, 0.5) is 0 Å². The van der Waals surface area contributed by atoms with E-state index < -0.39 is 11.5 Å². The Labute approximate surface area is 152 Å². The molecule has 0 bridgehead atoms. The zero-order valence-electron chi connectivity index (χ0n) is 14.7. The van der Waals surface area contributed by atoms with Crippen molar-refractivity contribution in [1.82, 2.24) is 14.9 Å². The molecular formula is C18H23N3O3S. The van der Waals surface area contributed by atoms with Gasteiger partial charge in [0.2, 0.25) is 5.91 Å². The summed E-state index contributed by atoms with van der Waals surface area (Å²) in [5.41, 5.74) is -0.161. The molecule has 0 radical (unpaired) electrons. The second kappa shape index (κ2) is 8.71. The highest BCUT2D eigenvalue weighted by Gasteiger charge is 2.36. The van der Waals surface area contributed by atoms with Gasteiger partial charge < -0.3 is 14.6 Å². The number of aryl methyl sites for hydroxylation is 1. The van der Waals surface area contributed by atoms with Crippen LogP contribution in [0.25, 0.3) is 0 Å². The van der Waals surface area contributed by atoms with Crippen LogP contribution in [-0.4, -0.2) is 39.3 Å². The number of rotatable bonds is 8. The molecule has 0 unspecified atom stereocenters. The number of nitrogens with zero attached hydrogens (tertiary/aromatic N) is 2. The molecule has 1 N–H and O–H groups in total. The third-order valence-electron chi connectivity index (χ3n) is 3.65. The van der Waals surface area contributed by atoms with Gasteiger partial charge >= 0.3 is 5.97 Å². The fourth-order valence-electron chi connectivity index (χ4n) is 2.43. The lowest BCUT2D eigenvalue weighted by Gasteiger charge is -2.28. The van der Waals surface area contributed by atoms with Gasteiger partial charge in [0.15, 0.2) is 5.16 Å². The van der Waals surface area contributed by atoms with Gasteiger partial charge in [-0.2, -0.15) is 0 Å². The maximum Gasteiger partial charge on any atom is 0.331 e. The van der Waals surface area contributed by atoms with E-state index in [0.29, 0.717) is 6.42 Å². The minimum absolute atomic E-state index is 0.175. The minimum Gasteiger partial charge on any atom is -0.464 e. The number of carbonyl (C=O) groups excluding carboxylic acids is 2. The van der Waals surface area contributed by atoms with Crippen molar-refractivity contribution in [3.63, 3.8) is 0 Å². The van der Waals surface area contributed by atoms with Crippen LogP contribution in [-0.2, 0) is 27.8 Å². The van der Waals surface area contributed by atoms with E-state index in [-0.39, 0.29) is 18.3 Å². The molecule has 0 aliphatic rings. The van der Waals surface area contributed by atoms with Crippen LogP contribution in [0.5, 0.6) is 0 Å². The second-order valence-electron chi connectivity index (χ2n) is 5.87. The standard InChI is InChI=1S/C18H23N3O3S/c1-4-24-16(23)18(2,12-14-8-6-5-7-9-14)20-15(22)13-25-17-19-10-11-21(17)3/h5-11H,4,12-13H2,1-3H3,(H,20,22)/t18-/m0/s1. The summed E-state index contributed by atoms with van der Waals surface area (Å²) in [4.78, 5) is 29.0. The number of hydrogen-bond donors (Lipinski definition) is 1. The van der Waals surface area contributed by atoms with Crippen molar-refractivity contribution in [1.29, 1.82) is 0 Å². The number of nitrogens with one attached hydrogen (secondary N) is 1. The van der Waals surface area contributed by atoms with Crippen molar-refractivity contribution in [2.45, 2.75) is 31.0 Å². The van der Waals surface area contributed by atoms with Crippen molar-refractivity contribution in [2.24, 2.45) is 7.05 Å². The lowest BCUT2D eigenvalue weighted by Crippen LogP contribution is -2.55. The summed E-state index contributed by atoms with van der Waals surface area (Å²) in [6, 6.07) is 9.56. The summed E-state index contributed by atoms with van der Waals surface area (Å²) in [5.74, 6) is -0.497. The van der Waals surface area contributed by atoms with E-state index in [9.17, 15) is 9.59 Å². The van der Waals surface area contributed by atoms with E-state index in [1.54, 1.807) is 20.0 Å². The normalized spacial score (nSPS) is 13.1. The highest BCUT2D eigenvalue weighted by molar-refractivity contribution is 7.99. The molecule has 0 saturated heterocycles. The van der Waals surface area contributed by atoms with Gasteiger partial charge in [-0.1, -0.05) is 42.1 Å². The van der Waals surface area contributed by atoms with Gasteiger partial charge in [0.05, 0.1) is 12.4 Å². The first-order valence-electron chi connectivity index (χ1n) is 8.07. The van der Waals surface area contributed by atoms with E-state index in [0.717, 1.165) is 10.7 Å². The molecular weight excluding hydrogens is 338 g/mol. The van der Waals surface area contributed by atoms with Crippen molar-refractivity contribution < 1.29 is 14.3 Å².